The number of fused-ring (bicyclic) bond motifs is 1. The van der Waals surface area contributed by atoms with E-state index in [2.05, 4.69) is 13.0 Å². The van der Waals surface area contributed by atoms with Gasteiger partial charge in [0.1, 0.15) is 11.9 Å². The highest BCUT2D eigenvalue weighted by Gasteiger charge is 2.39. The Kier molecular flexibility index (Phi) is 3.83. The molecule has 19 heavy (non-hydrogen) atoms. The average molecular weight is 262 g/mol. The molecule has 0 aliphatic carbocycles. The summed E-state index contributed by atoms with van der Waals surface area (Å²) in [5.74, 6) is 0.218. The van der Waals surface area contributed by atoms with E-state index in [-0.39, 0.29) is 6.10 Å². The van der Waals surface area contributed by atoms with Crippen LogP contribution in [0.2, 0.25) is 0 Å². The van der Waals surface area contributed by atoms with Crippen LogP contribution in [0.25, 0.3) is 0 Å². The quantitative estimate of drug-likeness (QED) is 0.882. The molecule has 0 amide bonds. The average Bonchev–Trinajstić information content (AvgIpc) is 2.77. The van der Waals surface area contributed by atoms with Crippen molar-refractivity contribution in [3.8, 4) is 5.75 Å². The first-order valence-electron chi connectivity index (χ1n) is 7.00. The number of benzene rings is 1. The molecule has 0 aromatic heterocycles. The Morgan fingerprint density at radius 3 is 2.68 bits per heavy atom. The van der Waals surface area contributed by atoms with Gasteiger partial charge in [-0.05, 0) is 31.4 Å². The first-order valence-corrected chi connectivity index (χ1v) is 7.00. The summed E-state index contributed by atoms with van der Waals surface area (Å²) >= 11 is 0. The summed E-state index contributed by atoms with van der Waals surface area (Å²) in [6.07, 6.45) is 2.70. The predicted octanol–water partition coefficient (Wildman–Crippen LogP) is 3.58. The van der Waals surface area contributed by atoms with Gasteiger partial charge in [0.15, 0.2) is 0 Å². The van der Waals surface area contributed by atoms with Crippen molar-refractivity contribution >= 4 is 5.97 Å². The molecular weight excluding hydrogens is 240 g/mol. The van der Waals surface area contributed by atoms with Crippen molar-refractivity contribution in [2.45, 2.75) is 52.6 Å². The van der Waals surface area contributed by atoms with Crippen LogP contribution in [0, 0.1) is 12.3 Å². The highest BCUT2D eigenvalue weighted by molar-refractivity contribution is 5.74. The summed E-state index contributed by atoms with van der Waals surface area (Å²) in [5.41, 5.74) is 1.77. The van der Waals surface area contributed by atoms with E-state index in [1.54, 1.807) is 0 Å². The van der Waals surface area contributed by atoms with Gasteiger partial charge >= 0.3 is 5.97 Å². The first kappa shape index (κ1) is 13.9. The summed E-state index contributed by atoms with van der Waals surface area (Å²) in [6.45, 7) is 5.96. The second kappa shape index (κ2) is 5.24. The van der Waals surface area contributed by atoms with Gasteiger partial charge in [-0.1, -0.05) is 31.5 Å². The molecule has 0 saturated carbocycles. The number of carboxylic acid groups (broad SMARTS) is 1. The maximum Gasteiger partial charge on any atom is 0.309 e. The SMILES string of the molecule is CCC(CC)(CC1Cc2cc(C)ccc2O1)C(=O)O. The minimum absolute atomic E-state index is 0.00667. The van der Waals surface area contributed by atoms with Crippen LogP contribution in [-0.2, 0) is 11.2 Å². The monoisotopic (exact) mass is 262 g/mol. The summed E-state index contributed by atoms with van der Waals surface area (Å²) in [4.78, 5) is 11.5. The zero-order valence-corrected chi connectivity index (χ0v) is 11.9. The lowest BCUT2D eigenvalue weighted by molar-refractivity contribution is -0.151. The molecule has 0 bridgehead atoms. The Hall–Kier alpha value is -1.51. The molecule has 1 heterocycles. The minimum Gasteiger partial charge on any atom is -0.490 e. The molecule has 2 rings (SSSR count). The maximum atomic E-state index is 11.5. The molecule has 1 atom stereocenters. The number of rotatable bonds is 5. The molecular formula is C16H22O3. The molecule has 0 spiro atoms. The van der Waals surface area contributed by atoms with Gasteiger partial charge in [-0.15, -0.1) is 0 Å². The standard InChI is InChI=1S/C16H22O3/c1-4-16(5-2,15(17)18)10-13-9-12-8-11(3)6-7-14(12)19-13/h6-8,13H,4-5,9-10H2,1-3H3,(H,17,18). The topological polar surface area (TPSA) is 46.5 Å². The Bertz CT molecular complexity index is 475. The fourth-order valence-corrected chi connectivity index (χ4v) is 2.93. The number of carbonyl (C=O) groups is 1. The first-order chi connectivity index (χ1) is 9.00. The normalized spacial score (nSPS) is 17.9. The van der Waals surface area contributed by atoms with Gasteiger partial charge in [0.05, 0.1) is 5.41 Å². The van der Waals surface area contributed by atoms with Crippen LogP contribution in [0.3, 0.4) is 0 Å². The lowest BCUT2D eigenvalue weighted by atomic mass is 9.77. The Labute approximate surface area is 114 Å². The Morgan fingerprint density at radius 1 is 1.42 bits per heavy atom. The van der Waals surface area contributed by atoms with Gasteiger partial charge in [0.2, 0.25) is 0 Å². The molecule has 0 radical (unpaired) electrons. The molecule has 1 N–H and O–H groups in total. The van der Waals surface area contributed by atoms with Crippen molar-refractivity contribution in [2.24, 2.45) is 5.41 Å². The van der Waals surface area contributed by atoms with Gasteiger partial charge in [0.25, 0.3) is 0 Å². The van der Waals surface area contributed by atoms with E-state index in [4.69, 9.17) is 4.74 Å². The van der Waals surface area contributed by atoms with Gasteiger partial charge in [-0.3, -0.25) is 4.79 Å². The summed E-state index contributed by atoms with van der Waals surface area (Å²) in [5, 5.41) is 9.49. The number of ether oxygens (including phenoxy) is 1. The van der Waals surface area contributed by atoms with Crippen LogP contribution >= 0.6 is 0 Å². The molecule has 1 aliphatic rings. The van der Waals surface area contributed by atoms with Crippen LogP contribution in [0.1, 0.15) is 44.2 Å². The van der Waals surface area contributed by atoms with Gasteiger partial charge in [-0.25, -0.2) is 0 Å². The van der Waals surface area contributed by atoms with Crippen molar-refractivity contribution in [3.63, 3.8) is 0 Å². The number of hydrogen-bond acceptors (Lipinski definition) is 2. The van der Waals surface area contributed by atoms with Crippen LogP contribution < -0.4 is 4.74 Å². The predicted molar refractivity (Wildman–Crippen MR) is 74.6 cm³/mol. The third kappa shape index (κ3) is 2.60. The maximum absolute atomic E-state index is 11.5. The molecule has 1 aliphatic heterocycles. The number of carboxylic acids is 1. The smallest absolute Gasteiger partial charge is 0.309 e. The third-order valence-electron chi connectivity index (χ3n) is 4.38. The van der Waals surface area contributed by atoms with Crippen LogP contribution in [-0.4, -0.2) is 17.2 Å². The van der Waals surface area contributed by atoms with Crippen molar-refractivity contribution in [1.29, 1.82) is 0 Å². The fourth-order valence-electron chi connectivity index (χ4n) is 2.93. The molecule has 1 aromatic rings. The summed E-state index contributed by atoms with van der Waals surface area (Å²) in [6, 6.07) is 6.16. The van der Waals surface area contributed by atoms with Crippen molar-refractivity contribution in [2.75, 3.05) is 0 Å². The summed E-state index contributed by atoms with van der Waals surface area (Å²) < 4.78 is 5.91. The zero-order valence-electron chi connectivity index (χ0n) is 11.9. The van der Waals surface area contributed by atoms with Crippen LogP contribution in [0.15, 0.2) is 18.2 Å². The van der Waals surface area contributed by atoms with Gasteiger partial charge < -0.3 is 9.84 Å². The van der Waals surface area contributed by atoms with Crippen molar-refractivity contribution in [1.82, 2.24) is 0 Å². The molecule has 3 nitrogen and oxygen atoms in total. The highest BCUT2D eigenvalue weighted by atomic mass is 16.5. The number of aryl methyl sites for hydroxylation is 1. The second-order valence-corrected chi connectivity index (χ2v) is 5.55. The van der Waals surface area contributed by atoms with Gasteiger partial charge in [0, 0.05) is 12.8 Å². The second-order valence-electron chi connectivity index (χ2n) is 5.55. The van der Waals surface area contributed by atoms with E-state index in [0.29, 0.717) is 19.3 Å². The molecule has 0 fully saturated rings. The van der Waals surface area contributed by atoms with Crippen LogP contribution in [0.4, 0.5) is 0 Å². The lowest BCUT2D eigenvalue weighted by Gasteiger charge is -2.29. The van der Waals surface area contributed by atoms with E-state index < -0.39 is 11.4 Å². The van der Waals surface area contributed by atoms with Gasteiger partial charge in [-0.2, -0.15) is 0 Å². The van der Waals surface area contributed by atoms with E-state index in [1.807, 2.05) is 26.0 Å². The van der Waals surface area contributed by atoms with E-state index >= 15 is 0 Å². The van der Waals surface area contributed by atoms with E-state index in [0.717, 1.165) is 12.2 Å². The van der Waals surface area contributed by atoms with E-state index in [1.165, 1.54) is 11.1 Å². The fraction of sp³-hybridized carbons (Fsp3) is 0.562. The Balaban J connectivity index is 2.13. The largest absolute Gasteiger partial charge is 0.490 e. The van der Waals surface area contributed by atoms with Crippen LogP contribution in [0.5, 0.6) is 5.75 Å². The highest BCUT2D eigenvalue weighted by Crippen LogP contribution is 2.38. The number of hydrogen-bond donors (Lipinski definition) is 1. The van der Waals surface area contributed by atoms with Crippen molar-refractivity contribution in [3.05, 3.63) is 29.3 Å². The minimum atomic E-state index is -0.701. The number of aliphatic carboxylic acids is 1. The Morgan fingerprint density at radius 2 is 2.11 bits per heavy atom. The molecule has 104 valence electrons. The molecule has 3 heteroatoms. The molecule has 0 saturated heterocycles. The summed E-state index contributed by atoms with van der Waals surface area (Å²) in [7, 11) is 0. The van der Waals surface area contributed by atoms with Crippen molar-refractivity contribution < 1.29 is 14.6 Å². The molecule has 1 unspecified atom stereocenters. The lowest BCUT2D eigenvalue weighted by Crippen LogP contribution is -2.35. The van der Waals surface area contributed by atoms with E-state index in [9.17, 15) is 9.90 Å². The molecule has 1 aromatic carbocycles. The zero-order chi connectivity index (χ0) is 14.0. The third-order valence-corrected chi connectivity index (χ3v) is 4.38.